The lowest BCUT2D eigenvalue weighted by Crippen LogP contribution is -3.11. The van der Waals surface area contributed by atoms with Gasteiger partial charge >= 0.3 is 0 Å². The number of aryl methyl sites for hydroxylation is 1. The summed E-state index contributed by atoms with van der Waals surface area (Å²) in [6, 6.07) is 6.25. The molecule has 0 bridgehead atoms. The first-order valence-corrected chi connectivity index (χ1v) is 6.87. The highest BCUT2D eigenvalue weighted by Crippen LogP contribution is 2.18. The van der Waals surface area contributed by atoms with Crippen LogP contribution in [-0.4, -0.2) is 32.0 Å². The Hall–Kier alpha value is -0.440. The second-order valence-corrected chi connectivity index (χ2v) is 4.88. The quantitative estimate of drug-likeness (QED) is 0.751. The maximum Gasteiger partial charge on any atom is 0.127 e. The molecule has 96 valence electrons. The fraction of sp³-hybridized carbons (Fsp3) is 0.538. The monoisotopic (exact) mass is 276 g/mol. The number of rotatable bonds is 7. The number of benzene rings is 1. The normalized spacial score (nSPS) is 10.9. The number of halogens is 2. The highest BCUT2D eigenvalue weighted by Gasteiger charge is 2.12. The van der Waals surface area contributed by atoms with E-state index in [-0.39, 0.29) is 0 Å². The predicted molar refractivity (Wildman–Crippen MR) is 73.6 cm³/mol. The molecule has 0 unspecified atom stereocenters. The van der Waals surface area contributed by atoms with Gasteiger partial charge in [0.2, 0.25) is 0 Å². The molecule has 0 aliphatic heterocycles. The van der Waals surface area contributed by atoms with E-state index in [1.54, 1.807) is 7.11 Å². The van der Waals surface area contributed by atoms with Crippen molar-refractivity contribution in [3.8, 4) is 5.75 Å². The Morgan fingerprint density at radius 2 is 1.82 bits per heavy atom. The Bertz CT molecular complexity index is 338. The first-order chi connectivity index (χ1) is 8.21. The van der Waals surface area contributed by atoms with Gasteiger partial charge in [-0.15, -0.1) is 23.2 Å². The van der Waals surface area contributed by atoms with Gasteiger partial charge in [-0.3, -0.25) is 0 Å². The van der Waals surface area contributed by atoms with Crippen LogP contribution < -0.4 is 9.64 Å². The van der Waals surface area contributed by atoms with Gasteiger partial charge in [0, 0.05) is 5.56 Å². The van der Waals surface area contributed by atoms with Crippen molar-refractivity contribution in [3.63, 3.8) is 0 Å². The van der Waals surface area contributed by atoms with Gasteiger partial charge in [0.1, 0.15) is 12.3 Å². The van der Waals surface area contributed by atoms with Crippen molar-refractivity contribution in [2.45, 2.75) is 13.5 Å². The molecule has 0 amide bonds. The number of nitrogens with one attached hydrogen (secondary N) is 1. The average Bonchev–Trinajstić information content (AvgIpc) is 2.30. The minimum Gasteiger partial charge on any atom is -0.496 e. The van der Waals surface area contributed by atoms with Crippen molar-refractivity contribution < 1.29 is 9.64 Å². The van der Waals surface area contributed by atoms with E-state index in [1.807, 2.05) is 6.07 Å². The van der Waals surface area contributed by atoms with Crippen LogP contribution in [0.5, 0.6) is 5.75 Å². The SMILES string of the molecule is COc1ccc(C)cc1C[NH+](CCCl)CCCl. The highest BCUT2D eigenvalue weighted by atomic mass is 35.5. The smallest absolute Gasteiger partial charge is 0.127 e. The van der Waals surface area contributed by atoms with Crippen molar-refractivity contribution >= 4 is 23.2 Å². The Balaban J connectivity index is 2.79. The zero-order valence-corrected chi connectivity index (χ0v) is 11.9. The van der Waals surface area contributed by atoms with Crippen LogP contribution in [0.3, 0.4) is 0 Å². The summed E-state index contributed by atoms with van der Waals surface area (Å²) in [5, 5.41) is 0. The molecule has 1 aromatic carbocycles. The molecule has 1 N–H and O–H groups in total. The van der Waals surface area contributed by atoms with Crippen molar-refractivity contribution in [1.29, 1.82) is 0 Å². The van der Waals surface area contributed by atoms with Crippen LogP contribution in [0.4, 0.5) is 0 Å². The maximum absolute atomic E-state index is 5.81. The van der Waals surface area contributed by atoms with Crippen molar-refractivity contribution in [2.24, 2.45) is 0 Å². The van der Waals surface area contributed by atoms with Crippen LogP contribution in [0, 0.1) is 6.92 Å². The van der Waals surface area contributed by atoms with Crippen molar-refractivity contribution in [3.05, 3.63) is 29.3 Å². The van der Waals surface area contributed by atoms with E-state index in [1.165, 1.54) is 16.0 Å². The van der Waals surface area contributed by atoms with E-state index in [0.29, 0.717) is 11.8 Å². The summed E-state index contributed by atoms with van der Waals surface area (Å²) in [6.45, 7) is 4.84. The lowest BCUT2D eigenvalue weighted by molar-refractivity contribution is -0.909. The zero-order valence-electron chi connectivity index (χ0n) is 10.4. The van der Waals surface area contributed by atoms with Crippen LogP contribution in [0.2, 0.25) is 0 Å². The number of hydrogen-bond acceptors (Lipinski definition) is 1. The van der Waals surface area contributed by atoms with E-state index in [2.05, 4.69) is 19.1 Å². The molecule has 0 aliphatic carbocycles. The lowest BCUT2D eigenvalue weighted by atomic mass is 10.1. The molecule has 1 rings (SSSR count). The fourth-order valence-electron chi connectivity index (χ4n) is 1.88. The standard InChI is InChI=1S/C13H19Cl2NO/c1-11-3-4-13(17-2)12(9-11)10-16(7-5-14)8-6-15/h3-4,9H,5-8,10H2,1-2H3/p+1. The van der Waals surface area contributed by atoms with Gasteiger partial charge in [-0.05, 0) is 19.1 Å². The topological polar surface area (TPSA) is 13.7 Å². The van der Waals surface area contributed by atoms with Gasteiger partial charge in [-0.2, -0.15) is 0 Å². The molecule has 2 nitrogen and oxygen atoms in total. The summed E-state index contributed by atoms with van der Waals surface area (Å²) in [5.74, 6) is 2.25. The first kappa shape index (κ1) is 14.6. The number of methoxy groups -OCH3 is 1. The largest absolute Gasteiger partial charge is 0.496 e. The minimum atomic E-state index is 0.653. The molecule has 4 heteroatoms. The van der Waals surface area contributed by atoms with E-state index in [0.717, 1.165) is 25.4 Å². The maximum atomic E-state index is 5.81. The van der Waals surface area contributed by atoms with Crippen molar-refractivity contribution in [1.82, 2.24) is 0 Å². The van der Waals surface area contributed by atoms with Gasteiger partial charge in [0.15, 0.2) is 0 Å². The van der Waals surface area contributed by atoms with Crippen LogP contribution in [0.15, 0.2) is 18.2 Å². The summed E-state index contributed by atoms with van der Waals surface area (Å²) >= 11 is 11.6. The first-order valence-electron chi connectivity index (χ1n) is 5.80. The summed E-state index contributed by atoms with van der Waals surface area (Å²) in [5.41, 5.74) is 2.47. The number of hydrogen-bond donors (Lipinski definition) is 1. The van der Waals surface area contributed by atoms with E-state index in [4.69, 9.17) is 27.9 Å². The molecular weight excluding hydrogens is 257 g/mol. The van der Waals surface area contributed by atoms with Gasteiger partial charge in [0.25, 0.3) is 0 Å². The van der Waals surface area contributed by atoms with E-state index >= 15 is 0 Å². The Morgan fingerprint density at radius 3 is 2.35 bits per heavy atom. The molecule has 1 aromatic rings. The fourth-order valence-corrected chi connectivity index (χ4v) is 2.42. The molecule has 0 aliphatic rings. The van der Waals surface area contributed by atoms with Crippen LogP contribution in [0.25, 0.3) is 0 Å². The Labute approximate surface area is 113 Å². The summed E-state index contributed by atoms with van der Waals surface area (Å²) < 4.78 is 5.38. The number of alkyl halides is 2. The molecule has 0 heterocycles. The van der Waals surface area contributed by atoms with Gasteiger partial charge in [0.05, 0.1) is 32.0 Å². The van der Waals surface area contributed by atoms with Crippen LogP contribution in [-0.2, 0) is 6.54 Å². The van der Waals surface area contributed by atoms with E-state index < -0.39 is 0 Å². The van der Waals surface area contributed by atoms with Crippen molar-refractivity contribution in [2.75, 3.05) is 32.0 Å². The minimum absolute atomic E-state index is 0.653. The Kier molecular flexibility index (Phi) is 6.71. The summed E-state index contributed by atoms with van der Waals surface area (Å²) in [7, 11) is 1.71. The third-order valence-electron chi connectivity index (χ3n) is 2.77. The zero-order chi connectivity index (χ0) is 12.7. The lowest BCUT2D eigenvalue weighted by Gasteiger charge is -2.19. The molecule has 0 radical (unpaired) electrons. The second kappa shape index (κ2) is 7.80. The summed E-state index contributed by atoms with van der Waals surface area (Å²) in [6.07, 6.45) is 0. The van der Waals surface area contributed by atoms with Gasteiger partial charge in [-0.1, -0.05) is 11.6 Å². The summed E-state index contributed by atoms with van der Waals surface area (Å²) in [4.78, 5) is 1.39. The van der Waals surface area contributed by atoms with Gasteiger partial charge < -0.3 is 9.64 Å². The molecule has 0 saturated carbocycles. The molecule has 0 atom stereocenters. The van der Waals surface area contributed by atoms with Crippen LogP contribution in [0.1, 0.15) is 11.1 Å². The van der Waals surface area contributed by atoms with Gasteiger partial charge in [-0.25, -0.2) is 0 Å². The third kappa shape index (κ3) is 4.74. The molecule has 0 saturated heterocycles. The molecule has 0 spiro atoms. The highest BCUT2D eigenvalue weighted by molar-refractivity contribution is 6.18. The van der Waals surface area contributed by atoms with E-state index in [9.17, 15) is 0 Å². The third-order valence-corrected chi connectivity index (χ3v) is 3.15. The second-order valence-electron chi connectivity index (χ2n) is 4.12. The predicted octanol–water partition coefficient (Wildman–Crippen LogP) is 1.87. The average molecular weight is 277 g/mol. The molecule has 0 fully saturated rings. The molecule has 0 aromatic heterocycles. The van der Waals surface area contributed by atoms with Crippen LogP contribution >= 0.6 is 23.2 Å². The molecule has 17 heavy (non-hydrogen) atoms. The Morgan fingerprint density at radius 1 is 1.18 bits per heavy atom. The number of ether oxygens (including phenoxy) is 1. The number of quaternary nitrogens is 1. The molecular formula is C13H20Cl2NO+.